The lowest BCUT2D eigenvalue weighted by Gasteiger charge is -2.16. The lowest BCUT2D eigenvalue weighted by Crippen LogP contribution is -2.24. The van der Waals surface area contributed by atoms with Crippen molar-refractivity contribution in [1.29, 1.82) is 0 Å². The van der Waals surface area contributed by atoms with Crippen molar-refractivity contribution in [3.8, 4) is 0 Å². The van der Waals surface area contributed by atoms with Crippen molar-refractivity contribution in [3.63, 3.8) is 0 Å². The smallest absolute Gasteiger partial charge is 0.149 e. The van der Waals surface area contributed by atoms with Crippen LogP contribution in [0.3, 0.4) is 0 Å². The molecule has 0 spiro atoms. The average molecular weight is 256 g/mol. The van der Waals surface area contributed by atoms with Gasteiger partial charge >= 0.3 is 0 Å². The molecule has 4 nitrogen and oxygen atoms in total. The molecule has 0 aromatic heterocycles. The monoisotopic (exact) mass is 256 g/mol. The van der Waals surface area contributed by atoms with E-state index in [1.807, 2.05) is 50.2 Å². The number of anilines is 2. The molecule has 17 heavy (non-hydrogen) atoms. The molecular weight excluding hydrogens is 236 g/mol. The van der Waals surface area contributed by atoms with Crippen LogP contribution in [0.25, 0.3) is 0 Å². The summed E-state index contributed by atoms with van der Waals surface area (Å²) in [5, 5.41) is 3.17. The summed E-state index contributed by atoms with van der Waals surface area (Å²) in [4.78, 5) is 2.02. The van der Waals surface area contributed by atoms with Gasteiger partial charge in [-0.05, 0) is 31.2 Å². The highest BCUT2D eigenvalue weighted by Crippen LogP contribution is 2.16. The summed E-state index contributed by atoms with van der Waals surface area (Å²) < 4.78 is 22.3. The first kappa shape index (κ1) is 13.8. The Kier molecular flexibility index (Phi) is 4.40. The van der Waals surface area contributed by atoms with E-state index in [0.717, 1.165) is 11.4 Å². The maximum absolute atomic E-state index is 11.1. The van der Waals surface area contributed by atoms with Crippen LogP contribution in [0.15, 0.2) is 24.3 Å². The van der Waals surface area contributed by atoms with Gasteiger partial charge < -0.3 is 10.2 Å². The largest absolute Gasteiger partial charge is 0.382 e. The van der Waals surface area contributed by atoms with Crippen molar-refractivity contribution in [2.45, 2.75) is 13.0 Å². The SMILES string of the molecule is CC(CS(C)(=O)=O)Nc1ccc(N(C)C)cc1. The quantitative estimate of drug-likeness (QED) is 0.869. The van der Waals surface area contributed by atoms with Crippen LogP contribution in [-0.4, -0.2) is 40.6 Å². The molecule has 1 aromatic rings. The Hall–Kier alpha value is -1.23. The van der Waals surface area contributed by atoms with Gasteiger partial charge in [0.2, 0.25) is 0 Å². The van der Waals surface area contributed by atoms with Gasteiger partial charge in [0, 0.05) is 37.8 Å². The van der Waals surface area contributed by atoms with Crippen molar-refractivity contribution in [3.05, 3.63) is 24.3 Å². The zero-order valence-electron chi connectivity index (χ0n) is 10.8. The molecule has 5 heteroatoms. The molecule has 0 amide bonds. The van der Waals surface area contributed by atoms with Crippen LogP contribution >= 0.6 is 0 Å². The van der Waals surface area contributed by atoms with Gasteiger partial charge in [0.05, 0.1) is 5.75 Å². The lowest BCUT2D eigenvalue weighted by atomic mass is 10.2. The maximum atomic E-state index is 11.1. The van der Waals surface area contributed by atoms with Gasteiger partial charge in [-0.2, -0.15) is 0 Å². The van der Waals surface area contributed by atoms with Crippen molar-refractivity contribution in [1.82, 2.24) is 0 Å². The number of hydrogen-bond acceptors (Lipinski definition) is 4. The Morgan fingerprint density at radius 3 is 2.18 bits per heavy atom. The van der Waals surface area contributed by atoms with Gasteiger partial charge in [-0.1, -0.05) is 0 Å². The summed E-state index contributed by atoms with van der Waals surface area (Å²) in [5.74, 6) is 0.141. The number of nitrogens with zero attached hydrogens (tertiary/aromatic N) is 1. The summed E-state index contributed by atoms with van der Waals surface area (Å²) >= 11 is 0. The van der Waals surface area contributed by atoms with E-state index < -0.39 is 9.84 Å². The van der Waals surface area contributed by atoms with E-state index in [4.69, 9.17) is 0 Å². The Morgan fingerprint density at radius 1 is 1.24 bits per heavy atom. The molecule has 0 heterocycles. The standard InChI is InChI=1S/C12H20N2O2S/c1-10(9-17(4,15)16)13-11-5-7-12(8-6-11)14(2)3/h5-8,10,13H,9H2,1-4H3. The van der Waals surface area contributed by atoms with Gasteiger partial charge in [0.15, 0.2) is 0 Å². The second-order valence-corrected chi connectivity index (χ2v) is 6.76. The number of sulfone groups is 1. The zero-order valence-corrected chi connectivity index (χ0v) is 11.6. The van der Waals surface area contributed by atoms with Crippen LogP contribution in [0.5, 0.6) is 0 Å². The second-order valence-electron chi connectivity index (χ2n) is 4.58. The molecule has 0 aliphatic carbocycles. The molecule has 96 valence electrons. The van der Waals surface area contributed by atoms with Gasteiger partial charge in [0.1, 0.15) is 9.84 Å². The molecule has 0 aliphatic rings. The maximum Gasteiger partial charge on any atom is 0.149 e. The summed E-state index contributed by atoms with van der Waals surface area (Å²) in [5.41, 5.74) is 2.05. The average Bonchev–Trinajstić information content (AvgIpc) is 2.15. The van der Waals surface area contributed by atoms with E-state index in [2.05, 4.69) is 5.32 Å². The molecule has 0 aliphatic heterocycles. The van der Waals surface area contributed by atoms with Crippen LogP contribution in [-0.2, 0) is 9.84 Å². The number of rotatable bonds is 5. The summed E-state index contributed by atoms with van der Waals surface area (Å²) in [6.07, 6.45) is 1.25. The Morgan fingerprint density at radius 2 is 1.76 bits per heavy atom. The fourth-order valence-corrected chi connectivity index (χ4v) is 2.63. The molecule has 0 fully saturated rings. The third-order valence-electron chi connectivity index (χ3n) is 2.35. The van der Waals surface area contributed by atoms with Crippen molar-refractivity contribution in [2.75, 3.05) is 36.3 Å². The lowest BCUT2D eigenvalue weighted by molar-refractivity contribution is 0.598. The van der Waals surface area contributed by atoms with E-state index in [1.165, 1.54) is 6.26 Å². The topological polar surface area (TPSA) is 49.4 Å². The van der Waals surface area contributed by atoms with Crippen LogP contribution in [0.2, 0.25) is 0 Å². The van der Waals surface area contributed by atoms with Gasteiger partial charge in [-0.25, -0.2) is 8.42 Å². The molecule has 1 N–H and O–H groups in total. The van der Waals surface area contributed by atoms with E-state index in [1.54, 1.807) is 0 Å². The molecule has 1 unspecified atom stereocenters. The molecule has 0 saturated carbocycles. The number of benzene rings is 1. The highest BCUT2D eigenvalue weighted by Gasteiger charge is 2.10. The van der Waals surface area contributed by atoms with Gasteiger partial charge in [0.25, 0.3) is 0 Å². The molecular formula is C12H20N2O2S. The van der Waals surface area contributed by atoms with Gasteiger partial charge in [-0.15, -0.1) is 0 Å². The summed E-state index contributed by atoms with van der Waals surface area (Å²) in [7, 11) is 1.03. The first-order valence-electron chi connectivity index (χ1n) is 5.49. The van der Waals surface area contributed by atoms with Crippen LogP contribution in [0.4, 0.5) is 11.4 Å². The Bertz CT molecular complexity index is 452. The minimum Gasteiger partial charge on any atom is -0.382 e. The van der Waals surface area contributed by atoms with Crippen LogP contribution < -0.4 is 10.2 Å². The highest BCUT2D eigenvalue weighted by molar-refractivity contribution is 7.90. The Balaban J connectivity index is 2.63. The first-order valence-corrected chi connectivity index (χ1v) is 7.55. The fourth-order valence-electron chi connectivity index (χ4n) is 1.64. The molecule has 1 atom stereocenters. The molecule has 0 bridgehead atoms. The normalized spacial score (nSPS) is 13.2. The highest BCUT2D eigenvalue weighted by atomic mass is 32.2. The number of nitrogens with one attached hydrogen (secondary N) is 1. The van der Waals surface area contributed by atoms with Gasteiger partial charge in [-0.3, -0.25) is 0 Å². The van der Waals surface area contributed by atoms with E-state index in [9.17, 15) is 8.42 Å². The second kappa shape index (κ2) is 5.40. The van der Waals surface area contributed by atoms with Crippen molar-refractivity contribution < 1.29 is 8.42 Å². The molecule has 0 radical (unpaired) electrons. The fraction of sp³-hybridized carbons (Fsp3) is 0.500. The van der Waals surface area contributed by atoms with E-state index in [0.29, 0.717) is 0 Å². The summed E-state index contributed by atoms with van der Waals surface area (Å²) in [6, 6.07) is 7.81. The first-order chi connectivity index (χ1) is 7.78. The van der Waals surface area contributed by atoms with Crippen molar-refractivity contribution >= 4 is 21.2 Å². The minimum atomic E-state index is -2.94. The zero-order chi connectivity index (χ0) is 13.1. The molecule has 1 aromatic carbocycles. The predicted octanol–water partition coefficient (Wildman–Crippen LogP) is 1.60. The third kappa shape index (κ3) is 5.08. The molecule has 1 rings (SSSR count). The summed E-state index contributed by atoms with van der Waals surface area (Å²) in [6.45, 7) is 1.86. The predicted molar refractivity (Wildman–Crippen MR) is 73.6 cm³/mol. The van der Waals surface area contributed by atoms with Crippen LogP contribution in [0.1, 0.15) is 6.92 Å². The van der Waals surface area contributed by atoms with Crippen LogP contribution in [0, 0.1) is 0 Å². The van der Waals surface area contributed by atoms with Crippen molar-refractivity contribution in [2.24, 2.45) is 0 Å². The third-order valence-corrected chi connectivity index (χ3v) is 3.46. The molecule has 0 saturated heterocycles. The Labute approximate surface area is 104 Å². The number of hydrogen-bond donors (Lipinski definition) is 1. The minimum absolute atomic E-state index is 0.0878. The van der Waals surface area contributed by atoms with E-state index >= 15 is 0 Å². The van der Waals surface area contributed by atoms with E-state index in [-0.39, 0.29) is 11.8 Å².